The Kier molecular flexibility index (Phi) is 3.66. The first-order chi connectivity index (χ1) is 9.78. The van der Waals surface area contributed by atoms with Gasteiger partial charge in [0.1, 0.15) is 5.69 Å². The Labute approximate surface area is 121 Å². The minimum absolute atomic E-state index is 0.0296. The molecule has 2 aromatic rings. The third kappa shape index (κ3) is 2.81. The molecule has 6 heteroatoms. The molecular formula is C14H16N4OS. The third-order valence-corrected chi connectivity index (χ3v) is 4.16. The third-order valence-electron chi connectivity index (χ3n) is 3.30. The van der Waals surface area contributed by atoms with E-state index in [-0.39, 0.29) is 5.91 Å². The summed E-state index contributed by atoms with van der Waals surface area (Å²) in [5.74, 6) is 5.35. The lowest BCUT2D eigenvalue weighted by Crippen LogP contribution is -2.33. The van der Waals surface area contributed by atoms with Gasteiger partial charge in [0.15, 0.2) is 0 Å². The number of nitrogens with zero attached hydrogens (tertiary/aromatic N) is 2. The summed E-state index contributed by atoms with van der Waals surface area (Å²) >= 11 is 1.67. The van der Waals surface area contributed by atoms with Crippen LogP contribution in [0.1, 0.15) is 28.2 Å². The van der Waals surface area contributed by atoms with Gasteiger partial charge < -0.3 is 10.3 Å². The number of rotatable bonds is 5. The topological polar surface area (TPSA) is 71.2 Å². The monoisotopic (exact) mass is 288 g/mol. The zero-order valence-corrected chi connectivity index (χ0v) is 11.8. The fraction of sp³-hybridized carbons (Fsp3) is 0.286. The number of nitrogens with one attached hydrogen (secondary N) is 1. The van der Waals surface area contributed by atoms with Crippen molar-refractivity contribution in [1.82, 2.24) is 9.88 Å². The fourth-order valence-electron chi connectivity index (χ4n) is 2.11. The highest BCUT2D eigenvalue weighted by molar-refractivity contribution is 7.09. The number of nitrogen functional groups attached to an aromatic ring is 1. The van der Waals surface area contributed by atoms with Gasteiger partial charge in [-0.3, -0.25) is 15.6 Å². The van der Waals surface area contributed by atoms with Gasteiger partial charge in [-0.1, -0.05) is 6.07 Å². The van der Waals surface area contributed by atoms with E-state index >= 15 is 0 Å². The standard InChI is InChI=1S/C14H16N4OS/c15-17-10-5-6-16-13(8-10)14(19)18(11-3-4-11)9-12-2-1-7-20-12/h1-2,5-8,11H,3-4,9,15H2,(H,16,17). The number of amides is 1. The summed E-state index contributed by atoms with van der Waals surface area (Å²) in [6, 6.07) is 7.83. The smallest absolute Gasteiger partial charge is 0.273 e. The van der Waals surface area contributed by atoms with E-state index < -0.39 is 0 Å². The van der Waals surface area contributed by atoms with E-state index in [2.05, 4.69) is 16.5 Å². The first-order valence-electron chi connectivity index (χ1n) is 6.54. The van der Waals surface area contributed by atoms with Crippen LogP contribution in [0.2, 0.25) is 0 Å². The van der Waals surface area contributed by atoms with Crippen LogP contribution in [-0.4, -0.2) is 21.8 Å². The number of anilines is 1. The molecule has 0 spiro atoms. The number of pyridine rings is 1. The van der Waals surface area contributed by atoms with Gasteiger partial charge in [-0.05, 0) is 36.4 Å². The molecular weight excluding hydrogens is 272 g/mol. The molecule has 3 rings (SSSR count). The van der Waals surface area contributed by atoms with Crippen LogP contribution in [0.5, 0.6) is 0 Å². The minimum atomic E-state index is -0.0296. The van der Waals surface area contributed by atoms with Crippen molar-refractivity contribution < 1.29 is 4.79 Å². The Hall–Kier alpha value is -1.92. The summed E-state index contributed by atoms with van der Waals surface area (Å²) in [5, 5.41) is 2.03. The Morgan fingerprint density at radius 2 is 2.35 bits per heavy atom. The van der Waals surface area contributed by atoms with Gasteiger partial charge in [-0.25, -0.2) is 0 Å². The molecule has 0 aliphatic heterocycles. The quantitative estimate of drug-likeness (QED) is 0.654. The van der Waals surface area contributed by atoms with Crippen molar-refractivity contribution in [2.45, 2.75) is 25.4 Å². The summed E-state index contributed by atoms with van der Waals surface area (Å²) in [7, 11) is 0. The average molecular weight is 288 g/mol. The van der Waals surface area contributed by atoms with Crippen molar-refractivity contribution in [3.8, 4) is 0 Å². The van der Waals surface area contributed by atoms with E-state index in [1.807, 2.05) is 16.3 Å². The molecule has 0 saturated heterocycles. The number of hydrogen-bond acceptors (Lipinski definition) is 5. The van der Waals surface area contributed by atoms with Crippen LogP contribution in [0.15, 0.2) is 35.8 Å². The van der Waals surface area contributed by atoms with Gasteiger partial charge in [0.25, 0.3) is 5.91 Å². The van der Waals surface area contributed by atoms with Crippen molar-refractivity contribution in [3.05, 3.63) is 46.4 Å². The van der Waals surface area contributed by atoms with Crippen LogP contribution in [0.4, 0.5) is 5.69 Å². The normalized spacial score (nSPS) is 14.1. The predicted octanol–water partition coefficient (Wildman–Crippen LogP) is 2.23. The summed E-state index contributed by atoms with van der Waals surface area (Å²) < 4.78 is 0. The van der Waals surface area contributed by atoms with Crippen LogP contribution in [0.3, 0.4) is 0 Å². The minimum Gasteiger partial charge on any atom is -0.329 e. The molecule has 1 fully saturated rings. The Bertz CT molecular complexity index is 595. The molecule has 2 heterocycles. The summed E-state index contributed by atoms with van der Waals surface area (Å²) in [6.45, 7) is 0.656. The molecule has 104 valence electrons. The molecule has 1 aliphatic carbocycles. The van der Waals surface area contributed by atoms with Gasteiger partial charge in [0.2, 0.25) is 0 Å². The van der Waals surface area contributed by atoms with Gasteiger partial charge in [-0.15, -0.1) is 11.3 Å². The van der Waals surface area contributed by atoms with Crippen molar-refractivity contribution in [3.63, 3.8) is 0 Å². The van der Waals surface area contributed by atoms with E-state index in [1.165, 1.54) is 4.88 Å². The second-order valence-corrected chi connectivity index (χ2v) is 5.85. The zero-order valence-electron chi connectivity index (χ0n) is 11.0. The van der Waals surface area contributed by atoms with Crippen molar-refractivity contribution in [2.24, 2.45) is 5.84 Å². The lowest BCUT2D eigenvalue weighted by atomic mass is 10.2. The Morgan fingerprint density at radius 3 is 3.00 bits per heavy atom. The van der Waals surface area contributed by atoms with Gasteiger partial charge in [0.05, 0.1) is 12.2 Å². The molecule has 0 radical (unpaired) electrons. The van der Waals surface area contributed by atoms with Crippen LogP contribution >= 0.6 is 11.3 Å². The Morgan fingerprint density at radius 1 is 1.50 bits per heavy atom. The molecule has 2 aromatic heterocycles. The molecule has 0 unspecified atom stereocenters. The highest BCUT2D eigenvalue weighted by atomic mass is 32.1. The Balaban J connectivity index is 1.81. The van der Waals surface area contributed by atoms with Crippen LogP contribution in [0, 0.1) is 0 Å². The molecule has 1 saturated carbocycles. The van der Waals surface area contributed by atoms with E-state index in [1.54, 1.807) is 29.7 Å². The number of carbonyl (C=O) groups excluding carboxylic acids is 1. The SMILES string of the molecule is NNc1ccnc(C(=O)N(Cc2cccs2)C2CC2)c1. The van der Waals surface area contributed by atoms with Crippen LogP contribution < -0.4 is 11.3 Å². The summed E-state index contributed by atoms with van der Waals surface area (Å²) in [4.78, 5) is 19.9. The van der Waals surface area contributed by atoms with E-state index in [9.17, 15) is 4.79 Å². The fourth-order valence-corrected chi connectivity index (χ4v) is 2.81. The van der Waals surface area contributed by atoms with Crippen molar-refractivity contribution in [1.29, 1.82) is 0 Å². The van der Waals surface area contributed by atoms with Gasteiger partial charge in [0, 0.05) is 17.1 Å². The van der Waals surface area contributed by atoms with Crippen molar-refractivity contribution in [2.75, 3.05) is 5.43 Å². The second kappa shape index (κ2) is 5.60. The highest BCUT2D eigenvalue weighted by Crippen LogP contribution is 2.30. The lowest BCUT2D eigenvalue weighted by molar-refractivity contribution is 0.0726. The largest absolute Gasteiger partial charge is 0.329 e. The number of aromatic nitrogens is 1. The molecule has 20 heavy (non-hydrogen) atoms. The van der Waals surface area contributed by atoms with Crippen LogP contribution in [-0.2, 0) is 6.54 Å². The number of carbonyl (C=O) groups is 1. The number of hydrogen-bond donors (Lipinski definition) is 2. The molecule has 1 aliphatic rings. The number of nitrogens with two attached hydrogens (primary N) is 1. The average Bonchev–Trinajstić information content (AvgIpc) is 3.20. The first kappa shape index (κ1) is 13.1. The number of thiophene rings is 1. The highest BCUT2D eigenvalue weighted by Gasteiger charge is 2.33. The van der Waals surface area contributed by atoms with E-state index in [0.29, 0.717) is 24.0 Å². The van der Waals surface area contributed by atoms with Gasteiger partial charge >= 0.3 is 0 Å². The van der Waals surface area contributed by atoms with E-state index in [0.717, 1.165) is 12.8 Å². The second-order valence-electron chi connectivity index (χ2n) is 4.82. The lowest BCUT2D eigenvalue weighted by Gasteiger charge is -2.21. The molecule has 0 atom stereocenters. The number of hydrazine groups is 1. The predicted molar refractivity (Wildman–Crippen MR) is 79.3 cm³/mol. The molecule has 0 bridgehead atoms. The first-order valence-corrected chi connectivity index (χ1v) is 7.42. The maximum atomic E-state index is 12.6. The van der Waals surface area contributed by atoms with E-state index in [4.69, 9.17) is 5.84 Å². The zero-order chi connectivity index (χ0) is 13.9. The molecule has 1 amide bonds. The summed E-state index contributed by atoms with van der Waals surface area (Å²) in [6.07, 6.45) is 3.75. The molecule has 3 N–H and O–H groups in total. The maximum Gasteiger partial charge on any atom is 0.273 e. The van der Waals surface area contributed by atoms with Crippen molar-refractivity contribution >= 4 is 22.9 Å². The molecule has 0 aromatic carbocycles. The summed E-state index contributed by atoms with van der Waals surface area (Å²) in [5.41, 5.74) is 3.67. The van der Waals surface area contributed by atoms with Gasteiger partial charge in [-0.2, -0.15) is 0 Å². The maximum absolute atomic E-state index is 12.6. The van der Waals surface area contributed by atoms with Crippen LogP contribution in [0.25, 0.3) is 0 Å². The molecule has 5 nitrogen and oxygen atoms in total.